The van der Waals surface area contributed by atoms with E-state index in [9.17, 15) is 0 Å². The first-order valence-electron chi connectivity index (χ1n) is 3.60. The smallest absolute Gasteiger partial charge is 0.109 e. The summed E-state index contributed by atoms with van der Waals surface area (Å²) >= 11 is 6.58. The zero-order chi connectivity index (χ0) is 8.39. The van der Waals surface area contributed by atoms with Crippen molar-refractivity contribution in [3.8, 4) is 0 Å². The molecular formula is C9H7NS2. The summed E-state index contributed by atoms with van der Waals surface area (Å²) in [5.41, 5.74) is 1.22. The summed E-state index contributed by atoms with van der Waals surface area (Å²) < 4.78 is 3.06. The number of rotatable bonds is 0. The van der Waals surface area contributed by atoms with Gasteiger partial charge in [-0.15, -0.1) is 0 Å². The predicted octanol–water partition coefficient (Wildman–Crippen LogP) is 2.64. The van der Waals surface area contributed by atoms with Gasteiger partial charge >= 0.3 is 0 Å². The molecule has 2 rings (SSSR count). The Kier molecular flexibility index (Phi) is 2.15. The van der Waals surface area contributed by atoms with Gasteiger partial charge in [-0.2, -0.15) is 0 Å². The first kappa shape index (κ1) is 7.83. The fraction of sp³-hybridized carbons (Fsp3) is 0. The number of fused-ring (bicyclic) bond motifs is 1. The van der Waals surface area contributed by atoms with Gasteiger partial charge in [-0.3, -0.25) is 0 Å². The van der Waals surface area contributed by atoms with Gasteiger partial charge in [0.25, 0.3) is 0 Å². The van der Waals surface area contributed by atoms with Crippen LogP contribution in [0.3, 0.4) is 0 Å². The third kappa shape index (κ3) is 1.52. The van der Waals surface area contributed by atoms with Gasteiger partial charge in [-0.25, -0.2) is 0 Å². The summed E-state index contributed by atoms with van der Waals surface area (Å²) in [5.74, 6) is 0. The highest BCUT2D eigenvalue weighted by molar-refractivity contribution is 7.99. The topological polar surface area (TPSA) is 12.0 Å². The molecule has 1 nitrogen and oxygen atoms in total. The molecule has 0 atom stereocenters. The van der Waals surface area contributed by atoms with E-state index in [4.69, 9.17) is 12.2 Å². The van der Waals surface area contributed by atoms with E-state index in [-0.39, 0.29) is 0 Å². The second-order valence-corrected chi connectivity index (χ2v) is 3.73. The van der Waals surface area contributed by atoms with Crippen molar-refractivity contribution in [3.05, 3.63) is 35.9 Å². The lowest BCUT2D eigenvalue weighted by Crippen LogP contribution is -2.07. The monoisotopic (exact) mass is 193 g/mol. The van der Waals surface area contributed by atoms with E-state index < -0.39 is 0 Å². The van der Waals surface area contributed by atoms with Gasteiger partial charge in [-0.1, -0.05) is 36.5 Å². The van der Waals surface area contributed by atoms with Crippen LogP contribution in [-0.4, -0.2) is 4.99 Å². The average Bonchev–Trinajstić information content (AvgIpc) is 2.29. The lowest BCUT2D eigenvalue weighted by Gasteiger charge is -2.01. The summed E-state index contributed by atoms with van der Waals surface area (Å²) in [6, 6.07) is 8.20. The molecule has 1 aromatic rings. The molecule has 12 heavy (non-hydrogen) atoms. The van der Waals surface area contributed by atoms with Crippen LogP contribution in [0.2, 0.25) is 0 Å². The van der Waals surface area contributed by atoms with E-state index >= 15 is 0 Å². The second kappa shape index (κ2) is 3.29. The molecule has 1 aliphatic rings. The largest absolute Gasteiger partial charge is 0.317 e. The van der Waals surface area contributed by atoms with E-state index in [0.29, 0.717) is 0 Å². The van der Waals surface area contributed by atoms with E-state index in [1.807, 2.05) is 24.3 Å². The quantitative estimate of drug-likeness (QED) is 0.502. The van der Waals surface area contributed by atoms with Gasteiger partial charge in [0.15, 0.2) is 0 Å². The summed E-state index contributed by atoms with van der Waals surface area (Å²) in [5, 5.41) is 0. The third-order valence-corrected chi connectivity index (χ3v) is 2.88. The molecule has 0 radical (unpaired) electrons. The molecule has 0 saturated carbocycles. The Morgan fingerprint density at radius 2 is 2.00 bits per heavy atom. The SMILES string of the molecule is S=C1C=Cc2ccccc2SN1. The van der Waals surface area contributed by atoms with E-state index in [1.54, 1.807) is 11.9 Å². The van der Waals surface area contributed by atoms with Gasteiger partial charge in [0.1, 0.15) is 4.99 Å². The van der Waals surface area contributed by atoms with Gasteiger partial charge in [-0.05, 0) is 29.7 Å². The zero-order valence-corrected chi connectivity index (χ0v) is 7.91. The van der Waals surface area contributed by atoms with Crippen molar-refractivity contribution in [2.45, 2.75) is 4.90 Å². The molecule has 60 valence electrons. The molecule has 0 spiro atoms. The number of hydrogen-bond acceptors (Lipinski definition) is 2. The number of nitrogens with one attached hydrogen (secondary N) is 1. The Hall–Kier alpha value is -0.800. The molecule has 0 aromatic heterocycles. The Bertz CT molecular complexity index is 344. The third-order valence-electron chi connectivity index (χ3n) is 1.59. The molecule has 1 aliphatic heterocycles. The molecule has 0 bridgehead atoms. The number of benzene rings is 1. The van der Waals surface area contributed by atoms with Gasteiger partial charge in [0.2, 0.25) is 0 Å². The van der Waals surface area contributed by atoms with Gasteiger partial charge in [0.05, 0.1) is 0 Å². The normalized spacial score (nSPS) is 14.8. The molecule has 3 heteroatoms. The zero-order valence-electron chi connectivity index (χ0n) is 6.28. The lowest BCUT2D eigenvalue weighted by molar-refractivity contribution is 1.41. The number of thiocarbonyl (C=S) groups is 1. The minimum atomic E-state index is 0.774. The van der Waals surface area contributed by atoms with E-state index in [1.165, 1.54) is 10.5 Å². The Balaban J connectivity index is 2.45. The van der Waals surface area contributed by atoms with Crippen LogP contribution in [0.15, 0.2) is 35.2 Å². The molecule has 0 aliphatic carbocycles. The van der Waals surface area contributed by atoms with Crippen LogP contribution >= 0.6 is 24.2 Å². The Morgan fingerprint density at radius 3 is 2.92 bits per heavy atom. The molecule has 0 amide bonds. The van der Waals surface area contributed by atoms with Gasteiger partial charge in [0, 0.05) is 4.90 Å². The average molecular weight is 193 g/mol. The maximum atomic E-state index is 5.02. The van der Waals surface area contributed by atoms with Crippen LogP contribution in [0.4, 0.5) is 0 Å². The highest BCUT2D eigenvalue weighted by Gasteiger charge is 2.03. The molecule has 0 fully saturated rings. The maximum absolute atomic E-state index is 5.02. The van der Waals surface area contributed by atoms with Crippen molar-refractivity contribution < 1.29 is 0 Å². The van der Waals surface area contributed by atoms with Crippen LogP contribution in [0.5, 0.6) is 0 Å². The predicted molar refractivity (Wildman–Crippen MR) is 57.1 cm³/mol. The van der Waals surface area contributed by atoms with E-state index in [2.05, 4.69) is 16.9 Å². The van der Waals surface area contributed by atoms with Crippen molar-refractivity contribution in [3.63, 3.8) is 0 Å². The van der Waals surface area contributed by atoms with Crippen LogP contribution in [0.25, 0.3) is 6.08 Å². The molecule has 0 saturated heterocycles. The van der Waals surface area contributed by atoms with Crippen LogP contribution < -0.4 is 4.72 Å². The fourth-order valence-electron chi connectivity index (χ4n) is 1.02. The highest BCUT2D eigenvalue weighted by atomic mass is 32.2. The summed E-state index contributed by atoms with van der Waals surface area (Å²) in [4.78, 5) is 1.99. The number of hydrogen-bond donors (Lipinski definition) is 1. The maximum Gasteiger partial charge on any atom is 0.109 e. The standard InChI is InChI=1S/C9H7NS2/c11-9-6-5-7-3-1-2-4-8(7)12-10-9/h1-6H,(H,10,11). The van der Waals surface area contributed by atoms with E-state index in [0.717, 1.165) is 4.99 Å². The Labute approximate surface area is 81.0 Å². The molecule has 1 aromatic carbocycles. The minimum absolute atomic E-state index is 0.774. The molecule has 0 unspecified atom stereocenters. The first-order valence-corrected chi connectivity index (χ1v) is 4.83. The lowest BCUT2D eigenvalue weighted by atomic mass is 10.2. The fourth-order valence-corrected chi connectivity index (χ4v) is 1.89. The first-order chi connectivity index (χ1) is 5.86. The molecular weight excluding hydrogens is 186 g/mol. The molecule has 1 N–H and O–H groups in total. The second-order valence-electron chi connectivity index (χ2n) is 2.44. The van der Waals surface area contributed by atoms with Gasteiger partial charge < -0.3 is 4.72 Å². The van der Waals surface area contributed by atoms with Crippen molar-refractivity contribution in [2.75, 3.05) is 0 Å². The van der Waals surface area contributed by atoms with Crippen molar-refractivity contribution in [1.29, 1.82) is 0 Å². The summed E-state index contributed by atoms with van der Waals surface area (Å²) in [6.07, 6.45) is 3.94. The summed E-state index contributed by atoms with van der Waals surface area (Å²) in [7, 11) is 0. The van der Waals surface area contributed by atoms with Crippen molar-refractivity contribution >= 4 is 35.2 Å². The minimum Gasteiger partial charge on any atom is -0.317 e. The van der Waals surface area contributed by atoms with Crippen LogP contribution in [-0.2, 0) is 0 Å². The van der Waals surface area contributed by atoms with Crippen molar-refractivity contribution in [1.82, 2.24) is 4.72 Å². The summed E-state index contributed by atoms with van der Waals surface area (Å²) in [6.45, 7) is 0. The molecule has 1 heterocycles. The van der Waals surface area contributed by atoms with Crippen LogP contribution in [0.1, 0.15) is 5.56 Å². The van der Waals surface area contributed by atoms with Crippen molar-refractivity contribution in [2.24, 2.45) is 0 Å². The van der Waals surface area contributed by atoms with Crippen LogP contribution in [0, 0.1) is 0 Å². The Morgan fingerprint density at radius 1 is 1.17 bits per heavy atom. The highest BCUT2D eigenvalue weighted by Crippen LogP contribution is 2.23.